The molecular formula is C6H9NO4. The molecule has 1 fully saturated rings. The minimum atomic E-state index is -1.03. The lowest BCUT2D eigenvalue weighted by atomic mass is 10.2. The van der Waals surface area contributed by atoms with Gasteiger partial charge in [-0.2, -0.15) is 0 Å². The van der Waals surface area contributed by atoms with Crippen molar-refractivity contribution in [2.24, 2.45) is 5.73 Å². The fourth-order valence-corrected chi connectivity index (χ4v) is 1.03. The molecule has 3 N–H and O–H groups in total. The van der Waals surface area contributed by atoms with Crippen molar-refractivity contribution in [1.82, 2.24) is 0 Å². The monoisotopic (exact) mass is 159 g/mol. The van der Waals surface area contributed by atoms with Gasteiger partial charge in [-0.3, -0.25) is 4.79 Å². The van der Waals surface area contributed by atoms with E-state index in [2.05, 4.69) is 0 Å². The lowest BCUT2D eigenvalue weighted by Gasteiger charge is -2.05. The first-order chi connectivity index (χ1) is 5.11. The Kier molecular flexibility index (Phi) is 2.09. The number of amides is 1. The van der Waals surface area contributed by atoms with E-state index in [0.29, 0.717) is 12.8 Å². The summed E-state index contributed by atoms with van der Waals surface area (Å²) < 4.78 is 4.81. The first-order valence-electron chi connectivity index (χ1n) is 3.29. The van der Waals surface area contributed by atoms with Crippen molar-refractivity contribution in [2.75, 3.05) is 0 Å². The molecule has 5 nitrogen and oxygen atoms in total. The van der Waals surface area contributed by atoms with Crippen molar-refractivity contribution < 1.29 is 19.4 Å². The van der Waals surface area contributed by atoms with E-state index in [1.165, 1.54) is 0 Å². The van der Waals surface area contributed by atoms with E-state index in [4.69, 9.17) is 15.6 Å². The molecule has 1 saturated heterocycles. The summed E-state index contributed by atoms with van der Waals surface area (Å²) in [6, 6.07) is 0. The van der Waals surface area contributed by atoms with Crippen LogP contribution < -0.4 is 5.73 Å². The third kappa shape index (κ3) is 1.68. The van der Waals surface area contributed by atoms with E-state index in [9.17, 15) is 9.59 Å². The van der Waals surface area contributed by atoms with Gasteiger partial charge in [-0.05, 0) is 12.8 Å². The normalized spacial score (nSPS) is 30.2. The molecule has 1 aliphatic rings. The lowest BCUT2D eigenvalue weighted by Crippen LogP contribution is -2.30. The summed E-state index contributed by atoms with van der Waals surface area (Å²) in [5.74, 6) is -1.62. The molecule has 0 aromatic carbocycles. The van der Waals surface area contributed by atoms with Gasteiger partial charge in [-0.25, -0.2) is 4.79 Å². The van der Waals surface area contributed by atoms with Gasteiger partial charge in [0.1, 0.15) is 6.10 Å². The molecule has 1 aliphatic heterocycles. The zero-order chi connectivity index (χ0) is 8.43. The van der Waals surface area contributed by atoms with Gasteiger partial charge in [0.2, 0.25) is 5.91 Å². The standard InChI is InChI=1S/C6H9NO4/c7-5(8)3-1-2-4(11-3)6(9)10/h3-4H,1-2H2,(H2,7,8)(H,9,10)/t3-,4-/m1/s1. The van der Waals surface area contributed by atoms with Gasteiger partial charge >= 0.3 is 5.97 Å². The highest BCUT2D eigenvalue weighted by atomic mass is 16.5. The van der Waals surface area contributed by atoms with Crippen LogP contribution in [0.3, 0.4) is 0 Å². The number of carboxylic acid groups (broad SMARTS) is 1. The van der Waals surface area contributed by atoms with E-state index in [-0.39, 0.29) is 0 Å². The van der Waals surface area contributed by atoms with Crippen LogP contribution in [0, 0.1) is 0 Å². The average molecular weight is 159 g/mol. The molecule has 1 heterocycles. The van der Waals surface area contributed by atoms with E-state index < -0.39 is 24.1 Å². The summed E-state index contributed by atoms with van der Waals surface area (Å²) >= 11 is 0. The fourth-order valence-electron chi connectivity index (χ4n) is 1.03. The third-order valence-corrected chi connectivity index (χ3v) is 1.61. The van der Waals surface area contributed by atoms with Crippen LogP contribution in [0.25, 0.3) is 0 Å². The second-order valence-corrected chi connectivity index (χ2v) is 2.43. The molecule has 5 heteroatoms. The van der Waals surface area contributed by atoms with E-state index >= 15 is 0 Å². The number of carbonyl (C=O) groups excluding carboxylic acids is 1. The Balaban J connectivity index is 2.47. The van der Waals surface area contributed by atoms with Crippen molar-refractivity contribution >= 4 is 11.9 Å². The Morgan fingerprint density at radius 3 is 2.18 bits per heavy atom. The molecular weight excluding hydrogens is 150 g/mol. The van der Waals surface area contributed by atoms with Crippen LogP contribution in [-0.4, -0.2) is 29.2 Å². The zero-order valence-electron chi connectivity index (χ0n) is 5.82. The minimum absolute atomic E-state index is 0.364. The van der Waals surface area contributed by atoms with Crippen LogP contribution in [0.5, 0.6) is 0 Å². The topological polar surface area (TPSA) is 89.6 Å². The summed E-state index contributed by atoms with van der Waals surface area (Å²) in [6.07, 6.45) is -0.793. The number of nitrogens with two attached hydrogens (primary N) is 1. The minimum Gasteiger partial charge on any atom is -0.479 e. The molecule has 0 saturated carbocycles. The zero-order valence-corrected chi connectivity index (χ0v) is 5.82. The SMILES string of the molecule is NC(=O)[C@H]1CC[C@H](C(=O)O)O1. The van der Waals surface area contributed by atoms with Crippen molar-refractivity contribution in [2.45, 2.75) is 25.0 Å². The molecule has 0 aliphatic carbocycles. The van der Waals surface area contributed by atoms with Crippen LogP contribution in [0.2, 0.25) is 0 Å². The molecule has 2 atom stereocenters. The molecule has 1 amide bonds. The van der Waals surface area contributed by atoms with Gasteiger partial charge in [0.25, 0.3) is 0 Å². The largest absolute Gasteiger partial charge is 0.479 e. The van der Waals surface area contributed by atoms with Gasteiger partial charge in [-0.1, -0.05) is 0 Å². The Labute approximate surface area is 63.1 Å². The summed E-state index contributed by atoms with van der Waals surface area (Å²) in [4.78, 5) is 20.8. The van der Waals surface area contributed by atoms with Crippen LogP contribution in [0.4, 0.5) is 0 Å². The number of rotatable bonds is 2. The van der Waals surface area contributed by atoms with Crippen LogP contribution >= 0.6 is 0 Å². The van der Waals surface area contributed by atoms with Crippen LogP contribution in [0.15, 0.2) is 0 Å². The molecule has 0 aromatic rings. The predicted octanol–water partition coefficient (Wildman–Crippen LogP) is -0.896. The number of ether oxygens (including phenoxy) is 1. The van der Waals surface area contributed by atoms with Crippen molar-refractivity contribution in [1.29, 1.82) is 0 Å². The maximum atomic E-state index is 10.5. The number of hydrogen-bond acceptors (Lipinski definition) is 3. The second kappa shape index (κ2) is 2.87. The molecule has 11 heavy (non-hydrogen) atoms. The average Bonchev–Trinajstić information content (AvgIpc) is 2.33. The second-order valence-electron chi connectivity index (χ2n) is 2.43. The van der Waals surface area contributed by atoms with E-state index in [1.54, 1.807) is 0 Å². The first kappa shape index (κ1) is 8.00. The smallest absolute Gasteiger partial charge is 0.332 e. The molecule has 0 bridgehead atoms. The maximum Gasteiger partial charge on any atom is 0.332 e. The van der Waals surface area contributed by atoms with Crippen molar-refractivity contribution in [3.63, 3.8) is 0 Å². The Bertz CT molecular complexity index is 171. The Morgan fingerprint density at radius 1 is 1.36 bits per heavy atom. The number of hydrogen-bond donors (Lipinski definition) is 2. The van der Waals surface area contributed by atoms with Gasteiger partial charge < -0.3 is 15.6 Å². The van der Waals surface area contributed by atoms with Gasteiger partial charge in [0.05, 0.1) is 0 Å². The van der Waals surface area contributed by atoms with Gasteiger partial charge in [0, 0.05) is 0 Å². The Morgan fingerprint density at radius 2 is 1.91 bits per heavy atom. The molecule has 0 spiro atoms. The highest BCUT2D eigenvalue weighted by Crippen LogP contribution is 2.19. The number of aliphatic carboxylic acids is 1. The first-order valence-corrected chi connectivity index (χ1v) is 3.29. The third-order valence-electron chi connectivity index (χ3n) is 1.61. The summed E-state index contributed by atoms with van der Waals surface area (Å²) in [7, 11) is 0. The van der Waals surface area contributed by atoms with E-state index in [0.717, 1.165) is 0 Å². The lowest BCUT2D eigenvalue weighted by molar-refractivity contribution is -0.151. The molecule has 62 valence electrons. The molecule has 0 radical (unpaired) electrons. The predicted molar refractivity (Wildman–Crippen MR) is 34.7 cm³/mol. The summed E-state index contributed by atoms with van der Waals surface area (Å²) in [5.41, 5.74) is 4.90. The van der Waals surface area contributed by atoms with Gasteiger partial charge in [0.15, 0.2) is 6.10 Å². The van der Waals surface area contributed by atoms with Crippen molar-refractivity contribution in [3.05, 3.63) is 0 Å². The fraction of sp³-hybridized carbons (Fsp3) is 0.667. The van der Waals surface area contributed by atoms with Crippen molar-refractivity contribution in [3.8, 4) is 0 Å². The Hall–Kier alpha value is -1.10. The molecule has 1 rings (SSSR count). The summed E-state index contributed by atoms with van der Waals surface area (Å²) in [5, 5.41) is 8.44. The highest BCUT2D eigenvalue weighted by Gasteiger charge is 2.33. The van der Waals surface area contributed by atoms with E-state index in [1.807, 2.05) is 0 Å². The summed E-state index contributed by atoms with van der Waals surface area (Å²) in [6.45, 7) is 0. The van der Waals surface area contributed by atoms with Crippen LogP contribution in [0.1, 0.15) is 12.8 Å². The van der Waals surface area contributed by atoms with Crippen LogP contribution in [-0.2, 0) is 14.3 Å². The number of carbonyl (C=O) groups is 2. The maximum absolute atomic E-state index is 10.5. The molecule has 0 aromatic heterocycles. The number of primary amides is 1. The van der Waals surface area contributed by atoms with Gasteiger partial charge in [-0.15, -0.1) is 0 Å². The molecule has 0 unspecified atom stereocenters. The number of carboxylic acids is 1. The quantitative estimate of drug-likeness (QED) is 0.546. The highest BCUT2D eigenvalue weighted by molar-refractivity contribution is 5.81.